The van der Waals surface area contributed by atoms with Crippen LogP contribution in [0.15, 0.2) is 30.5 Å². The van der Waals surface area contributed by atoms with Crippen LogP contribution >= 0.6 is 0 Å². The minimum atomic E-state index is -1.07. The number of methoxy groups -OCH3 is 1. The maximum atomic E-state index is 10.6. The van der Waals surface area contributed by atoms with E-state index in [2.05, 4.69) is 25.2 Å². The number of aliphatic hydroxyl groups is 1. The molecule has 0 radical (unpaired) electrons. The van der Waals surface area contributed by atoms with E-state index in [-0.39, 0.29) is 0 Å². The summed E-state index contributed by atoms with van der Waals surface area (Å²) in [6.07, 6.45) is 5.33. The molecule has 1 aliphatic heterocycles. The molecule has 31 heavy (non-hydrogen) atoms. The molecule has 3 aromatic rings. The highest BCUT2D eigenvalue weighted by molar-refractivity contribution is 5.70. The summed E-state index contributed by atoms with van der Waals surface area (Å²) in [5.74, 6) is 2.73. The van der Waals surface area contributed by atoms with Gasteiger partial charge in [0, 0.05) is 42.8 Å². The summed E-state index contributed by atoms with van der Waals surface area (Å²) < 4.78 is 5.60. The van der Waals surface area contributed by atoms with Crippen LogP contribution in [0.4, 0.5) is 17.5 Å². The average molecular weight is 423 g/mol. The van der Waals surface area contributed by atoms with Crippen molar-refractivity contribution in [2.75, 3.05) is 30.4 Å². The highest BCUT2D eigenvalue weighted by Gasteiger charge is 2.23. The molecule has 0 atom stereocenters. The molecule has 2 aromatic heterocycles. The second-order valence-corrected chi connectivity index (χ2v) is 8.50. The number of aromatic nitrogens is 4. The Kier molecular flexibility index (Phi) is 5.82. The van der Waals surface area contributed by atoms with Crippen LogP contribution in [0.25, 0.3) is 11.4 Å². The van der Waals surface area contributed by atoms with E-state index < -0.39 is 5.60 Å². The van der Waals surface area contributed by atoms with E-state index in [9.17, 15) is 5.11 Å². The number of benzene rings is 1. The van der Waals surface area contributed by atoms with Gasteiger partial charge in [0.25, 0.3) is 0 Å². The highest BCUT2D eigenvalue weighted by Crippen LogP contribution is 2.32. The number of ether oxygens (including phenoxy) is 1. The molecule has 3 N–H and O–H groups in total. The van der Waals surface area contributed by atoms with Gasteiger partial charge in [-0.25, -0.2) is 9.97 Å². The topological polar surface area (TPSA) is 99.2 Å². The van der Waals surface area contributed by atoms with E-state index in [1.165, 1.54) is 6.42 Å². The zero-order valence-corrected chi connectivity index (χ0v) is 18.6. The molecule has 164 valence electrons. The smallest absolute Gasteiger partial charge is 0.229 e. The number of aromatic amines is 1. The lowest BCUT2D eigenvalue weighted by Crippen LogP contribution is -2.31. The Morgan fingerprint density at radius 2 is 1.90 bits per heavy atom. The van der Waals surface area contributed by atoms with Gasteiger partial charge in [-0.05, 0) is 52.2 Å². The SMILES string of the molecule is COc1cc(Nc2nc(N3CCCCC3)cc(C(C)(C)O)n2)ccc1-c1ncc(C)[nH]1. The molecule has 4 rings (SSSR count). The summed E-state index contributed by atoms with van der Waals surface area (Å²) in [5, 5.41) is 13.9. The Morgan fingerprint density at radius 1 is 1.13 bits per heavy atom. The predicted molar refractivity (Wildman–Crippen MR) is 122 cm³/mol. The first-order valence-electron chi connectivity index (χ1n) is 10.7. The van der Waals surface area contributed by atoms with Gasteiger partial charge in [0.05, 0.1) is 18.4 Å². The van der Waals surface area contributed by atoms with Crippen molar-refractivity contribution in [1.29, 1.82) is 0 Å². The van der Waals surface area contributed by atoms with Crippen LogP contribution in [0.1, 0.15) is 44.5 Å². The van der Waals surface area contributed by atoms with E-state index >= 15 is 0 Å². The standard InChI is InChI=1S/C23H30N6O2/c1-15-14-24-21(25-15)17-9-8-16(12-18(17)31-4)26-22-27-19(23(2,3)30)13-20(28-22)29-10-6-5-7-11-29/h8-9,12-14,30H,5-7,10-11H2,1-4H3,(H,24,25)(H,26,27,28). The van der Waals surface area contributed by atoms with Crippen LogP contribution < -0.4 is 15.0 Å². The molecule has 0 aliphatic carbocycles. The number of nitrogens with one attached hydrogen (secondary N) is 2. The molecule has 1 aromatic carbocycles. The molecular weight excluding hydrogens is 392 g/mol. The third-order valence-corrected chi connectivity index (χ3v) is 5.44. The van der Waals surface area contributed by atoms with E-state index in [1.807, 2.05) is 31.2 Å². The monoisotopic (exact) mass is 422 g/mol. The molecule has 0 bridgehead atoms. The van der Waals surface area contributed by atoms with E-state index in [0.29, 0.717) is 17.4 Å². The van der Waals surface area contributed by atoms with Gasteiger partial charge in [-0.1, -0.05) is 0 Å². The predicted octanol–water partition coefficient (Wildman–Crippen LogP) is 4.15. The Labute approximate surface area is 182 Å². The van der Waals surface area contributed by atoms with Crippen molar-refractivity contribution in [3.05, 3.63) is 41.9 Å². The summed E-state index contributed by atoms with van der Waals surface area (Å²) in [7, 11) is 1.64. The minimum absolute atomic E-state index is 0.448. The summed E-state index contributed by atoms with van der Waals surface area (Å²) in [5.41, 5.74) is 2.17. The van der Waals surface area contributed by atoms with Gasteiger partial charge in [0.2, 0.25) is 5.95 Å². The zero-order chi connectivity index (χ0) is 22.0. The first-order valence-corrected chi connectivity index (χ1v) is 10.7. The maximum Gasteiger partial charge on any atom is 0.229 e. The average Bonchev–Trinajstić information content (AvgIpc) is 3.19. The lowest BCUT2D eigenvalue weighted by molar-refractivity contribution is 0.0739. The molecule has 1 fully saturated rings. The van der Waals surface area contributed by atoms with Crippen LogP contribution in [0.3, 0.4) is 0 Å². The van der Waals surface area contributed by atoms with Crippen molar-refractivity contribution < 1.29 is 9.84 Å². The molecule has 0 spiro atoms. The summed E-state index contributed by atoms with van der Waals surface area (Å²) >= 11 is 0. The summed E-state index contributed by atoms with van der Waals surface area (Å²) in [6.45, 7) is 7.37. The van der Waals surface area contributed by atoms with Gasteiger partial charge in [-0.15, -0.1) is 0 Å². The molecule has 3 heterocycles. The van der Waals surface area contributed by atoms with E-state index in [1.54, 1.807) is 27.2 Å². The van der Waals surface area contributed by atoms with E-state index in [0.717, 1.165) is 54.5 Å². The van der Waals surface area contributed by atoms with Crippen LogP contribution in [0.5, 0.6) is 5.75 Å². The van der Waals surface area contributed by atoms with Gasteiger partial charge in [0.15, 0.2) is 0 Å². The van der Waals surface area contributed by atoms with Crippen molar-refractivity contribution in [1.82, 2.24) is 19.9 Å². The van der Waals surface area contributed by atoms with Crippen LogP contribution in [-0.4, -0.2) is 45.2 Å². The quantitative estimate of drug-likeness (QED) is 0.549. The lowest BCUT2D eigenvalue weighted by atomic mass is 10.0. The highest BCUT2D eigenvalue weighted by atomic mass is 16.5. The number of nitrogens with zero attached hydrogens (tertiary/aromatic N) is 4. The number of hydrogen-bond acceptors (Lipinski definition) is 7. The number of aryl methyl sites for hydroxylation is 1. The molecule has 8 nitrogen and oxygen atoms in total. The fraction of sp³-hybridized carbons (Fsp3) is 0.435. The molecular formula is C23H30N6O2. The number of anilines is 3. The third-order valence-electron chi connectivity index (χ3n) is 5.44. The van der Waals surface area contributed by atoms with Gasteiger partial charge < -0.3 is 25.0 Å². The number of H-pyrrole nitrogens is 1. The first kappa shape index (κ1) is 21.1. The van der Waals surface area contributed by atoms with Crippen LogP contribution in [0, 0.1) is 6.92 Å². The zero-order valence-electron chi connectivity index (χ0n) is 18.6. The van der Waals surface area contributed by atoms with Crippen molar-refractivity contribution in [3.8, 4) is 17.1 Å². The summed E-state index contributed by atoms with van der Waals surface area (Å²) in [4.78, 5) is 19.2. The first-order chi connectivity index (χ1) is 14.8. The van der Waals surface area contributed by atoms with Gasteiger partial charge >= 0.3 is 0 Å². The molecule has 1 aliphatic rings. The molecule has 1 saturated heterocycles. The second kappa shape index (κ2) is 8.55. The van der Waals surface area contributed by atoms with Gasteiger partial charge in [0.1, 0.15) is 23.0 Å². The molecule has 0 amide bonds. The Bertz CT molecular complexity index is 1050. The number of imidazole rings is 1. The fourth-order valence-corrected chi connectivity index (χ4v) is 3.73. The number of rotatable bonds is 6. The molecule has 0 saturated carbocycles. The normalized spacial score (nSPS) is 14.5. The minimum Gasteiger partial charge on any atom is -0.496 e. The maximum absolute atomic E-state index is 10.6. The Hall–Kier alpha value is -3.13. The largest absolute Gasteiger partial charge is 0.496 e. The van der Waals surface area contributed by atoms with Crippen molar-refractivity contribution in [2.24, 2.45) is 0 Å². The molecule has 8 heteroatoms. The van der Waals surface area contributed by atoms with Gasteiger partial charge in [-0.2, -0.15) is 4.98 Å². The Balaban J connectivity index is 1.66. The van der Waals surface area contributed by atoms with Gasteiger partial charge in [-0.3, -0.25) is 0 Å². The second-order valence-electron chi connectivity index (χ2n) is 8.50. The fourth-order valence-electron chi connectivity index (χ4n) is 3.73. The van der Waals surface area contributed by atoms with Crippen molar-refractivity contribution in [3.63, 3.8) is 0 Å². The van der Waals surface area contributed by atoms with Crippen molar-refractivity contribution >= 4 is 17.5 Å². The van der Waals surface area contributed by atoms with Crippen LogP contribution in [0.2, 0.25) is 0 Å². The van der Waals surface area contributed by atoms with E-state index in [4.69, 9.17) is 9.72 Å². The lowest BCUT2D eigenvalue weighted by Gasteiger charge is -2.29. The van der Waals surface area contributed by atoms with Crippen LogP contribution in [-0.2, 0) is 5.60 Å². The van der Waals surface area contributed by atoms with Crippen molar-refractivity contribution in [2.45, 2.75) is 45.6 Å². The number of piperidine rings is 1. The Morgan fingerprint density at radius 3 is 2.55 bits per heavy atom. The third kappa shape index (κ3) is 4.80. The number of hydrogen-bond donors (Lipinski definition) is 3. The summed E-state index contributed by atoms with van der Waals surface area (Å²) in [6, 6.07) is 7.68. The molecule has 0 unspecified atom stereocenters.